The smallest absolute Gasteiger partial charge is 0.321 e. The highest BCUT2D eigenvalue weighted by molar-refractivity contribution is 5.56. The number of rotatable bonds is 5. The molecular formula is C14H18N4O. The molecule has 1 aromatic heterocycles. The number of nitrogen functional groups attached to an aromatic ring is 1. The molecule has 5 heteroatoms. The quantitative estimate of drug-likeness (QED) is 0.891. The van der Waals surface area contributed by atoms with Gasteiger partial charge in [0.25, 0.3) is 0 Å². The van der Waals surface area contributed by atoms with E-state index in [0.29, 0.717) is 12.4 Å². The van der Waals surface area contributed by atoms with Crippen LogP contribution in [0.25, 0.3) is 11.4 Å². The molecule has 0 saturated carbocycles. The number of anilines is 1. The zero-order valence-corrected chi connectivity index (χ0v) is 11.3. The largest absolute Gasteiger partial charge is 0.464 e. The molecule has 100 valence electrons. The minimum Gasteiger partial charge on any atom is -0.464 e. The van der Waals surface area contributed by atoms with Gasteiger partial charge in [0, 0.05) is 5.56 Å². The molecule has 0 spiro atoms. The van der Waals surface area contributed by atoms with Crippen molar-refractivity contribution in [1.82, 2.24) is 15.0 Å². The molecule has 19 heavy (non-hydrogen) atoms. The standard InChI is InChI=1S/C14H18N4O/c1-3-5-10-6-8-11(9-7-10)12-16-13(15)18-14(17-12)19-4-2/h6-9H,3-5H2,1-2H3,(H2,15,16,17,18). The summed E-state index contributed by atoms with van der Waals surface area (Å²) in [6, 6.07) is 8.42. The van der Waals surface area contributed by atoms with Crippen LogP contribution in [0.3, 0.4) is 0 Å². The molecule has 2 N–H and O–H groups in total. The van der Waals surface area contributed by atoms with E-state index in [-0.39, 0.29) is 12.0 Å². The summed E-state index contributed by atoms with van der Waals surface area (Å²) in [5.74, 6) is 0.713. The summed E-state index contributed by atoms with van der Waals surface area (Å²) in [6.07, 6.45) is 2.20. The van der Waals surface area contributed by atoms with E-state index in [9.17, 15) is 0 Å². The fraction of sp³-hybridized carbons (Fsp3) is 0.357. The molecule has 2 rings (SSSR count). The molecule has 0 bridgehead atoms. The number of nitrogens with zero attached hydrogens (tertiary/aromatic N) is 3. The van der Waals surface area contributed by atoms with Crippen molar-refractivity contribution < 1.29 is 4.74 Å². The molecule has 1 heterocycles. The summed E-state index contributed by atoms with van der Waals surface area (Å²) in [7, 11) is 0. The van der Waals surface area contributed by atoms with Crippen LogP contribution in [0.15, 0.2) is 24.3 Å². The molecule has 0 fully saturated rings. The van der Waals surface area contributed by atoms with Crippen LogP contribution in [-0.2, 0) is 6.42 Å². The van der Waals surface area contributed by atoms with Crippen LogP contribution in [0.2, 0.25) is 0 Å². The third-order valence-corrected chi connectivity index (χ3v) is 2.66. The van der Waals surface area contributed by atoms with Gasteiger partial charge in [0.2, 0.25) is 5.95 Å². The van der Waals surface area contributed by atoms with Crippen LogP contribution in [-0.4, -0.2) is 21.6 Å². The number of ether oxygens (including phenoxy) is 1. The van der Waals surface area contributed by atoms with E-state index in [1.807, 2.05) is 19.1 Å². The molecule has 2 aromatic rings. The number of hydrogen-bond acceptors (Lipinski definition) is 5. The summed E-state index contributed by atoms with van der Waals surface area (Å²) in [5, 5.41) is 0. The van der Waals surface area contributed by atoms with Crippen LogP contribution < -0.4 is 10.5 Å². The lowest BCUT2D eigenvalue weighted by molar-refractivity contribution is 0.312. The van der Waals surface area contributed by atoms with Crippen molar-refractivity contribution in [3.05, 3.63) is 29.8 Å². The molecule has 0 radical (unpaired) electrons. The van der Waals surface area contributed by atoms with Gasteiger partial charge in [-0.25, -0.2) is 0 Å². The highest BCUT2D eigenvalue weighted by Crippen LogP contribution is 2.19. The SMILES string of the molecule is CCCc1ccc(-c2nc(N)nc(OCC)n2)cc1. The molecule has 1 aromatic carbocycles. The maximum atomic E-state index is 5.66. The normalized spacial score (nSPS) is 10.4. The van der Waals surface area contributed by atoms with Gasteiger partial charge in [-0.2, -0.15) is 15.0 Å². The second-order valence-corrected chi connectivity index (χ2v) is 4.18. The summed E-state index contributed by atoms with van der Waals surface area (Å²) < 4.78 is 5.27. The monoisotopic (exact) mass is 258 g/mol. The van der Waals surface area contributed by atoms with E-state index < -0.39 is 0 Å². The zero-order valence-electron chi connectivity index (χ0n) is 11.3. The first-order chi connectivity index (χ1) is 9.22. The molecule has 0 amide bonds. The highest BCUT2D eigenvalue weighted by atomic mass is 16.5. The molecule has 0 saturated heterocycles. The maximum absolute atomic E-state index is 5.66. The van der Waals surface area contributed by atoms with Crippen molar-refractivity contribution in [2.45, 2.75) is 26.7 Å². The topological polar surface area (TPSA) is 73.9 Å². The number of aromatic nitrogens is 3. The Morgan fingerprint density at radius 2 is 1.79 bits per heavy atom. The zero-order chi connectivity index (χ0) is 13.7. The molecule has 0 aliphatic carbocycles. The van der Waals surface area contributed by atoms with Crippen LogP contribution in [0.1, 0.15) is 25.8 Å². The molecule has 5 nitrogen and oxygen atoms in total. The minimum atomic E-state index is 0.172. The van der Waals surface area contributed by atoms with Gasteiger partial charge in [-0.3, -0.25) is 0 Å². The van der Waals surface area contributed by atoms with E-state index in [0.717, 1.165) is 18.4 Å². The van der Waals surface area contributed by atoms with Crippen molar-refractivity contribution in [2.75, 3.05) is 12.3 Å². The van der Waals surface area contributed by atoms with Gasteiger partial charge in [-0.05, 0) is 18.9 Å². The Bertz CT molecular complexity index is 540. The highest BCUT2D eigenvalue weighted by Gasteiger charge is 2.07. The first-order valence-corrected chi connectivity index (χ1v) is 6.46. The predicted molar refractivity (Wildman–Crippen MR) is 74.8 cm³/mol. The van der Waals surface area contributed by atoms with Crippen molar-refractivity contribution in [1.29, 1.82) is 0 Å². The van der Waals surface area contributed by atoms with E-state index in [2.05, 4.69) is 34.0 Å². The molecular weight excluding hydrogens is 240 g/mol. The second kappa shape index (κ2) is 6.13. The molecule has 0 unspecified atom stereocenters. The Morgan fingerprint density at radius 3 is 2.42 bits per heavy atom. The summed E-state index contributed by atoms with van der Waals surface area (Å²) in [4.78, 5) is 12.3. The predicted octanol–water partition coefficient (Wildman–Crippen LogP) is 2.47. The van der Waals surface area contributed by atoms with Gasteiger partial charge in [0.1, 0.15) is 0 Å². The minimum absolute atomic E-state index is 0.172. The van der Waals surface area contributed by atoms with E-state index in [4.69, 9.17) is 10.5 Å². The van der Waals surface area contributed by atoms with Crippen molar-refractivity contribution >= 4 is 5.95 Å². The first kappa shape index (κ1) is 13.3. The Hall–Kier alpha value is -2.17. The van der Waals surface area contributed by atoms with E-state index in [1.165, 1.54) is 5.56 Å². The van der Waals surface area contributed by atoms with Gasteiger partial charge in [0.15, 0.2) is 5.82 Å². The number of aryl methyl sites for hydroxylation is 1. The van der Waals surface area contributed by atoms with E-state index >= 15 is 0 Å². The molecule has 0 atom stereocenters. The van der Waals surface area contributed by atoms with Crippen molar-refractivity contribution in [3.8, 4) is 17.4 Å². The second-order valence-electron chi connectivity index (χ2n) is 4.18. The lowest BCUT2D eigenvalue weighted by Gasteiger charge is -2.06. The average molecular weight is 258 g/mol. The van der Waals surface area contributed by atoms with Crippen molar-refractivity contribution in [3.63, 3.8) is 0 Å². The third-order valence-electron chi connectivity index (χ3n) is 2.66. The third kappa shape index (κ3) is 3.40. The fourth-order valence-electron chi connectivity index (χ4n) is 1.80. The Morgan fingerprint density at radius 1 is 1.05 bits per heavy atom. The summed E-state index contributed by atoms with van der Waals surface area (Å²) in [5.41, 5.74) is 7.88. The Kier molecular flexibility index (Phi) is 4.28. The average Bonchev–Trinajstić information content (AvgIpc) is 2.40. The fourth-order valence-corrected chi connectivity index (χ4v) is 1.80. The Balaban J connectivity index is 2.29. The van der Waals surface area contributed by atoms with Gasteiger partial charge >= 0.3 is 6.01 Å². The summed E-state index contributed by atoms with van der Waals surface area (Å²) in [6.45, 7) is 4.53. The number of nitrogens with two attached hydrogens (primary N) is 1. The number of hydrogen-bond donors (Lipinski definition) is 1. The van der Waals surface area contributed by atoms with Crippen molar-refractivity contribution in [2.24, 2.45) is 0 Å². The first-order valence-electron chi connectivity index (χ1n) is 6.46. The van der Waals surface area contributed by atoms with Crippen LogP contribution in [0, 0.1) is 0 Å². The van der Waals surface area contributed by atoms with Crippen LogP contribution >= 0.6 is 0 Å². The molecule has 0 aliphatic rings. The van der Waals surface area contributed by atoms with Gasteiger partial charge in [-0.15, -0.1) is 0 Å². The lowest BCUT2D eigenvalue weighted by atomic mass is 10.1. The van der Waals surface area contributed by atoms with Gasteiger partial charge in [0.05, 0.1) is 6.61 Å². The van der Waals surface area contributed by atoms with Crippen LogP contribution in [0.4, 0.5) is 5.95 Å². The number of benzene rings is 1. The Labute approximate surface area is 112 Å². The van der Waals surface area contributed by atoms with Gasteiger partial charge in [-0.1, -0.05) is 37.6 Å². The molecule has 0 aliphatic heterocycles. The lowest BCUT2D eigenvalue weighted by Crippen LogP contribution is -2.04. The van der Waals surface area contributed by atoms with Gasteiger partial charge < -0.3 is 10.5 Å². The van der Waals surface area contributed by atoms with E-state index in [1.54, 1.807) is 0 Å². The maximum Gasteiger partial charge on any atom is 0.321 e. The van der Waals surface area contributed by atoms with Crippen LogP contribution in [0.5, 0.6) is 6.01 Å². The summed E-state index contributed by atoms with van der Waals surface area (Å²) >= 11 is 0.